The molecule has 0 aliphatic rings. The molecular weight excluding hydrogens is 292 g/mol. The minimum atomic E-state index is -0.396. The summed E-state index contributed by atoms with van der Waals surface area (Å²) >= 11 is 5.89. The van der Waals surface area contributed by atoms with Gasteiger partial charge in [-0.1, -0.05) is 11.6 Å². The second-order valence-electron chi connectivity index (χ2n) is 4.39. The van der Waals surface area contributed by atoms with Crippen molar-refractivity contribution >= 4 is 23.7 Å². The van der Waals surface area contributed by atoms with Gasteiger partial charge in [-0.2, -0.15) is 10.2 Å². The number of ether oxygens (including phenoxy) is 1. The molecule has 0 spiro atoms. The second-order valence-corrected chi connectivity index (χ2v) is 4.82. The van der Waals surface area contributed by atoms with Crippen LogP contribution < -0.4 is 10.2 Å². The van der Waals surface area contributed by atoms with Gasteiger partial charge >= 0.3 is 0 Å². The summed E-state index contributed by atoms with van der Waals surface area (Å²) in [4.78, 5) is 12.1. The van der Waals surface area contributed by atoms with Crippen molar-refractivity contribution in [1.82, 2.24) is 15.2 Å². The lowest BCUT2D eigenvalue weighted by Crippen LogP contribution is -2.18. The Balaban J connectivity index is 2.12. The van der Waals surface area contributed by atoms with Crippen LogP contribution in [0.1, 0.15) is 21.6 Å². The Hall–Kier alpha value is -2.34. The van der Waals surface area contributed by atoms with E-state index in [0.717, 1.165) is 11.3 Å². The van der Waals surface area contributed by atoms with Crippen molar-refractivity contribution in [3.8, 4) is 5.75 Å². The van der Waals surface area contributed by atoms with E-state index in [0.29, 0.717) is 16.3 Å². The summed E-state index contributed by atoms with van der Waals surface area (Å²) in [6.07, 6.45) is 3.35. The highest BCUT2D eigenvalue weighted by Crippen LogP contribution is 2.22. The Bertz CT molecular complexity index is 694. The van der Waals surface area contributed by atoms with E-state index in [4.69, 9.17) is 16.3 Å². The maximum atomic E-state index is 12.1. The third-order valence-electron chi connectivity index (χ3n) is 2.83. The molecule has 0 atom stereocenters. The molecule has 7 heteroatoms. The van der Waals surface area contributed by atoms with Gasteiger partial charge < -0.3 is 4.74 Å². The highest BCUT2D eigenvalue weighted by Gasteiger charge is 2.12. The van der Waals surface area contributed by atoms with Crippen LogP contribution in [0.25, 0.3) is 0 Å². The van der Waals surface area contributed by atoms with Crippen molar-refractivity contribution in [2.45, 2.75) is 6.92 Å². The molecule has 0 saturated carbocycles. The van der Waals surface area contributed by atoms with Crippen molar-refractivity contribution in [2.24, 2.45) is 12.1 Å². The normalized spacial score (nSPS) is 10.9. The van der Waals surface area contributed by atoms with Crippen LogP contribution in [0.15, 0.2) is 29.5 Å². The quantitative estimate of drug-likeness (QED) is 0.695. The van der Waals surface area contributed by atoms with Crippen molar-refractivity contribution in [3.05, 3.63) is 46.2 Å². The molecule has 0 unspecified atom stereocenters. The SMILES string of the molecule is COc1ccc(Cl)cc1C(=O)N/N=C/c1cn(C)nc1C. The molecule has 1 N–H and O–H groups in total. The first-order valence-electron chi connectivity index (χ1n) is 6.18. The maximum absolute atomic E-state index is 12.1. The first kappa shape index (κ1) is 15.1. The van der Waals surface area contributed by atoms with E-state index in [1.165, 1.54) is 19.4 Å². The molecule has 21 heavy (non-hydrogen) atoms. The third-order valence-corrected chi connectivity index (χ3v) is 3.06. The zero-order chi connectivity index (χ0) is 15.4. The molecule has 1 aromatic heterocycles. The molecule has 0 radical (unpaired) electrons. The fourth-order valence-corrected chi connectivity index (χ4v) is 2.00. The van der Waals surface area contributed by atoms with Gasteiger partial charge in [-0.15, -0.1) is 0 Å². The molecule has 0 bridgehead atoms. The van der Waals surface area contributed by atoms with Gasteiger partial charge in [-0.25, -0.2) is 5.43 Å². The maximum Gasteiger partial charge on any atom is 0.275 e. The van der Waals surface area contributed by atoms with E-state index in [9.17, 15) is 4.79 Å². The number of aromatic nitrogens is 2. The van der Waals surface area contributed by atoms with Crippen LogP contribution >= 0.6 is 11.6 Å². The van der Waals surface area contributed by atoms with E-state index in [1.54, 1.807) is 16.8 Å². The fourth-order valence-electron chi connectivity index (χ4n) is 1.82. The number of benzene rings is 1. The summed E-state index contributed by atoms with van der Waals surface area (Å²) in [5.74, 6) is 0.0387. The molecule has 0 aliphatic heterocycles. The smallest absolute Gasteiger partial charge is 0.275 e. The van der Waals surface area contributed by atoms with Crippen LogP contribution in [0.4, 0.5) is 0 Å². The second kappa shape index (κ2) is 6.41. The summed E-state index contributed by atoms with van der Waals surface area (Å²) in [5.41, 5.74) is 4.42. The average molecular weight is 307 g/mol. The standard InChI is InChI=1S/C14H15ClN4O2/c1-9-10(8-19(2)18-9)7-16-17-14(20)12-6-11(15)4-5-13(12)21-3/h4-8H,1-3H3,(H,17,20)/b16-7+. The minimum Gasteiger partial charge on any atom is -0.496 e. The molecule has 1 heterocycles. The zero-order valence-corrected chi connectivity index (χ0v) is 12.7. The van der Waals surface area contributed by atoms with Crippen LogP contribution in [-0.4, -0.2) is 29.0 Å². The predicted molar refractivity (Wildman–Crippen MR) is 81.0 cm³/mol. The number of aryl methyl sites for hydroxylation is 2. The number of hydrazone groups is 1. The van der Waals surface area contributed by atoms with Crippen LogP contribution in [0, 0.1) is 6.92 Å². The van der Waals surface area contributed by atoms with Gasteiger partial charge in [0.2, 0.25) is 0 Å². The molecule has 1 aromatic carbocycles. The zero-order valence-electron chi connectivity index (χ0n) is 11.9. The summed E-state index contributed by atoms with van der Waals surface area (Å²) in [6.45, 7) is 1.86. The van der Waals surface area contributed by atoms with Crippen molar-refractivity contribution in [3.63, 3.8) is 0 Å². The lowest BCUT2D eigenvalue weighted by atomic mass is 10.2. The molecule has 2 aromatic rings. The third kappa shape index (κ3) is 3.61. The van der Waals surface area contributed by atoms with Gasteiger partial charge in [0, 0.05) is 23.8 Å². The van der Waals surface area contributed by atoms with E-state index < -0.39 is 5.91 Å². The number of halogens is 1. The summed E-state index contributed by atoms with van der Waals surface area (Å²) in [6, 6.07) is 4.81. The first-order chi connectivity index (χ1) is 10.0. The van der Waals surface area contributed by atoms with Gasteiger partial charge in [0.05, 0.1) is 24.6 Å². The molecular formula is C14H15ClN4O2. The Morgan fingerprint density at radius 1 is 1.52 bits per heavy atom. The lowest BCUT2D eigenvalue weighted by Gasteiger charge is -2.07. The van der Waals surface area contributed by atoms with E-state index in [2.05, 4.69) is 15.6 Å². The highest BCUT2D eigenvalue weighted by atomic mass is 35.5. The van der Waals surface area contributed by atoms with E-state index in [1.807, 2.05) is 20.2 Å². The largest absolute Gasteiger partial charge is 0.496 e. The van der Waals surface area contributed by atoms with Crippen molar-refractivity contribution < 1.29 is 9.53 Å². The fraction of sp³-hybridized carbons (Fsp3) is 0.214. The molecule has 0 fully saturated rings. The van der Waals surface area contributed by atoms with E-state index >= 15 is 0 Å². The van der Waals surface area contributed by atoms with Crippen LogP contribution in [-0.2, 0) is 7.05 Å². The number of hydrogen-bond acceptors (Lipinski definition) is 4. The number of nitrogens with zero attached hydrogens (tertiary/aromatic N) is 3. The summed E-state index contributed by atoms with van der Waals surface area (Å²) in [7, 11) is 3.31. The number of carbonyl (C=O) groups is 1. The molecule has 6 nitrogen and oxygen atoms in total. The van der Waals surface area contributed by atoms with E-state index in [-0.39, 0.29) is 0 Å². The number of hydrogen-bond donors (Lipinski definition) is 1. The number of amides is 1. The Morgan fingerprint density at radius 3 is 2.90 bits per heavy atom. The number of rotatable bonds is 4. The number of nitrogens with one attached hydrogen (secondary N) is 1. The lowest BCUT2D eigenvalue weighted by molar-refractivity contribution is 0.0952. The Kier molecular flexibility index (Phi) is 4.59. The van der Waals surface area contributed by atoms with Gasteiger partial charge in [-0.3, -0.25) is 9.48 Å². The number of carbonyl (C=O) groups excluding carboxylic acids is 1. The van der Waals surface area contributed by atoms with Gasteiger partial charge in [0.25, 0.3) is 5.91 Å². The molecule has 2 rings (SSSR count). The van der Waals surface area contributed by atoms with Gasteiger partial charge in [-0.05, 0) is 25.1 Å². The molecule has 110 valence electrons. The molecule has 1 amide bonds. The topological polar surface area (TPSA) is 68.5 Å². The Labute approximate surface area is 127 Å². The van der Waals surface area contributed by atoms with Gasteiger partial charge in [0.1, 0.15) is 5.75 Å². The average Bonchev–Trinajstić information content (AvgIpc) is 2.77. The van der Waals surface area contributed by atoms with Gasteiger partial charge in [0.15, 0.2) is 0 Å². The summed E-state index contributed by atoms with van der Waals surface area (Å²) in [5, 5.41) is 8.55. The molecule has 0 saturated heterocycles. The molecule has 0 aliphatic carbocycles. The predicted octanol–water partition coefficient (Wildman–Crippen LogP) is 2.15. The van der Waals surface area contributed by atoms with Crippen LogP contribution in [0.5, 0.6) is 5.75 Å². The van der Waals surface area contributed by atoms with Crippen molar-refractivity contribution in [2.75, 3.05) is 7.11 Å². The van der Waals surface area contributed by atoms with Crippen molar-refractivity contribution in [1.29, 1.82) is 0 Å². The minimum absolute atomic E-state index is 0.324. The Morgan fingerprint density at radius 2 is 2.29 bits per heavy atom. The summed E-state index contributed by atoms with van der Waals surface area (Å²) < 4.78 is 6.80. The van der Waals surface area contributed by atoms with Crippen LogP contribution in [0.2, 0.25) is 5.02 Å². The van der Waals surface area contributed by atoms with Crippen LogP contribution in [0.3, 0.4) is 0 Å². The monoisotopic (exact) mass is 306 g/mol. The highest BCUT2D eigenvalue weighted by molar-refractivity contribution is 6.31. The first-order valence-corrected chi connectivity index (χ1v) is 6.56. The number of methoxy groups -OCH3 is 1.